The molecule has 48 heavy (non-hydrogen) atoms. The molecule has 0 amide bonds. The van der Waals surface area contributed by atoms with Gasteiger partial charge in [-0.3, -0.25) is 0 Å². The van der Waals surface area contributed by atoms with E-state index in [2.05, 4.69) is 115 Å². The van der Waals surface area contributed by atoms with Crippen LogP contribution < -0.4 is 10.4 Å². The standard InChI is InChI=1S/C38H62O8Si2/c1-28-32(46-48(37(2,3)4,29-17-13-11-14-18-29)30-19-15-12-16-20-30)23-31-34(28)36(44-27-42-21-22-47(8,9)10)35(39)33(43-25-40-6)24-38(31,5)45-26-41-7/h11-20,28,31-36,39H,21-27H2,1-10H3/t28-,31-,32-,33-,34+,35-,36-,38-/m0/s1. The Kier molecular flexibility index (Phi) is 13.7. The monoisotopic (exact) mass is 702 g/mol. The number of methoxy groups -OCH3 is 2. The fraction of sp³-hybridized carbons (Fsp3) is 0.684. The molecular formula is C38H62O8Si2. The molecule has 0 spiro atoms. The first-order valence-corrected chi connectivity index (χ1v) is 23.2. The summed E-state index contributed by atoms with van der Waals surface area (Å²) < 4.78 is 43.9. The number of hydrogen-bond donors (Lipinski definition) is 1. The Hall–Kier alpha value is -1.45. The Morgan fingerprint density at radius 3 is 1.94 bits per heavy atom. The Bertz CT molecular complexity index is 1200. The Labute approximate surface area is 291 Å². The van der Waals surface area contributed by atoms with E-state index in [-0.39, 0.29) is 49.3 Å². The van der Waals surface area contributed by atoms with E-state index in [0.29, 0.717) is 13.0 Å². The number of benzene rings is 2. The van der Waals surface area contributed by atoms with E-state index in [1.165, 1.54) is 10.4 Å². The van der Waals surface area contributed by atoms with Gasteiger partial charge in [0.25, 0.3) is 8.32 Å². The molecule has 0 aliphatic heterocycles. The molecule has 0 unspecified atom stereocenters. The van der Waals surface area contributed by atoms with Crippen molar-refractivity contribution in [2.75, 3.05) is 41.2 Å². The largest absolute Gasteiger partial charge is 0.404 e. The Morgan fingerprint density at radius 2 is 1.42 bits per heavy atom. The topological polar surface area (TPSA) is 84.8 Å². The van der Waals surface area contributed by atoms with Crippen LogP contribution in [0.2, 0.25) is 30.7 Å². The van der Waals surface area contributed by atoms with E-state index in [1.807, 2.05) is 0 Å². The molecule has 2 aromatic rings. The van der Waals surface area contributed by atoms with Crippen LogP contribution >= 0.6 is 0 Å². The lowest BCUT2D eigenvalue weighted by Crippen LogP contribution is -2.68. The highest BCUT2D eigenvalue weighted by atomic mass is 28.4. The van der Waals surface area contributed by atoms with Crippen molar-refractivity contribution >= 4 is 26.8 Å². The lowest BCUT2D eigenvalue weighted by atomic mass is 9.77. The molecule has 0 radical (unpaired) electrons. The summed E-state index contributed by atoms with van der Waals surface area (Å²) in [5.74, 6) is -0.0737. The first-order valence-electron chi connectivity index (χ1n) is 17.6. The molecule has 0 bridgehead atoms. The predicted molar refractivity (Wildman–Crippen MR) is 196 cm³/mol. The Balaban J connectivity index is 1.77. The number of rotatable bonds is 16. The van der Waals surface area contributed by atoms with Crippen LogP contribution in [0.15, 0.2) is 60.7 Å². The maximum absolute atomic E-state index is 12.1. The molecule has 2 aromatic carbocycles. The molecule has 2 fully saturated rings. The van der Waals surface area contributed by atoms with Gasteiger partial charge in [-0.15, -0.1) is 0 Å². The first kappa shape index (κ1) is 39.3. The molecule has 10 heteroatoms. The zero-order valence-corrected chi connectivity index (χ0v) is 33.1. The van der Waals surface area contributed by atoms with Gasteiger partial charge in [-0.2, -0.15) is 0 Å². The molecule has 8 atom stereocenters. The number of fused-ring (bicyclic) bond motifs is 1. The van der Waals surface area contributed by atoms with E-state index in [9.17, 15) is 5.11 Å². The zero-order valence-electron chi connectivity index (χ0n) is 31.1. The lowest BCUT2D eigenvalue weighted by molar-refractivity contribution is -0.188. The van der Waals surface area contributed by atoms with E-state index < -0.39 is 40.3 Å². The van der Waals surface area contributed by atoms with Crippen molar-refractivity contribution in [2.45, 2.75) is 108 Å². The smallest absolute Gasteiger partial charge is 0.261 e. The van der Waals surface area contributed by atoms with Gasteiger partial charge in [0.05, 0.1) is 17.8 Å². The first-order chi connectivity index (χ1) is 22.7. The van der Waals surface area contributed by atoms with Crippen LogP contribution in [0, 0.1) is 17.8 Å². The number of aliphatic hydroxyl groups is 1. The number of hydrogen-bond acceptors (Lipinski definition) is 8. The minimum absolute atomic E-state index is 0.0105. The van der Waals surface area contributed by atoms with Gasteiger partial charge < -0.3 is 38.0 Å². The second-order valence-electron chi connectivity index (χ2n) is 16.2. The van der Waals surface area contributed by atoms with Gasteiger partial charge in [0.1, 0.15) is 26.5 Å². The van der Waals surface area contributed by atoms with Crippen LogP contribution in [0.3, 0.4) is 0 Å². The van der Waals surface area contributed by atoms with Gasteiger partial charge in [-0.1, -0.05) is 108 Å². The molecule has 8 nitrogen and oxygen atoms in total. The number of ether oxygens (including phenoxy) is 6. The lowest BCUT2D eigenvalue weighted by Gasteiger charge is -2.46. The molecule has 0 heterocycles. The highest BCUT2D eigenvalue weighted by Crippen LogP contribution is 2.54. The molecule has 2 aliphatic rings. The summed E-state index contributed by atoms with van der Waals surface area (Å²) in [6.45, 7) is 19.3. The summed E-state index contributed by atoms with van der Waals surface area (Å²) in [4.78, 5) is 0. The van der Waals surface area contributed by atoms with Crippen molar-refractivity contribution in [3.8, 4) is 0 Å². The molecule has 4 rings (SSSR count). The van der Waals surface area contributed by atoms with Gasteiger partial charge in [0.15, 0.2) is 0 Å². The zero-order chi connectivity index (χ0) is 35.2. The predicted octanol–water partition coefficient (Wildman–Crippen LogP) is 6.03. The maximum Gasteiger partial charge on any atom is 0.261 e. The van der Waals surface area contributed by atoms with Gasteiger partial charge in [-0.05, 0) is 52.6 Å². The van der Waals surface area contributed by atoms with Gasteiger partial charge in [-0.25, -0.2) is 0 Å². The SMILES string of the molecule is COCO[C@H]1C[C@](C)(OCOC)[C@H]2C[C@H](O[Si](c3ccccc3)(c3ccccc3)C(C)(C)C)[C@H](C)[C@H]2[C@H](OCOCC[Si](C)(C)C)[C@H]1O. The van der Waals surface area contributed by atoms with Crippen LogP contribution in [0.1, 0.15) is 47.5 Å². The molecule has 2 saturated carbocycles. The molecular weight excluding hydrogens is 641 g/mol. The molecule has 270 valence electrons. The molecule has 0 saturated heterocycles. The van der Waals surface area contributed by atoms with Crippen LogP contribution in [0.25, 0.3) is 0 Å². The average Bonchev–Trinajstić information content (AvgIpc) is 3.33. The summed E-state index contributed by atoms with van der Waals surface area (Å²) in [7, 11) is -0.896. The number of aliphatic hydroxyl groups excluding tert-OH is 1. The molecule has 1 N–H and O–H groups in total. The van der Waals surface area contributed by atoms with E-state index in [0.717, 1.165) is 12.5 Å². The minimum Gasteiger partial charge on any atom is -0.404 e. The summed E-state index contributed by atoms with van der Waals surface area (Å²) in [6, 6.07) is 22.6. The second kappa shape index (κ2) is 16.7. The van der Waals surface area contributed by atoms with Crippen molar-refractivity contribution in [3.63, 3.8) is 0 Å². The summed E-state index contributed by atoms with van der Waals surface area (Å²) in [5.41, 5.74) is -0.686. The van der Waals surface area contributed by atoms with Crippen molar-refractivity contribution in [1.29, 1.82) is 0 Å². The average molecular weight is 703 g/mol. The van der Waals surface area contributed by atoms with Crippen molar-refractivity contribution in [2.24, 2.45) is 17.8 Å². The van der Waals surface area contributed by atoms with Gasteiger partial charge >= 0.3 is 0 Å². The maximum atomic E-state index is 12.1. The third-order valence-electron chi connectivity index (χ3n) is 10.6. The van der Waals surface area contributed by atoms with Crippen molar-refractivity contribution in [3.05, 3.63) is 60.7 Å². The summed E-state index contributed by atoms with van der Waals surface area (Å²) in [6.07, 6.45) is -0.949. The van der Waals surface area contributed by atoms with Crippen molar-refractivity contribution in [1.82, 2.24) is 0 Å². The fourth-order valence-electron chi connectivity index (χ4n) is 8.05. The van der Waals surface area contributed by atoms with Crippen LogP contribution in [0.4, 0.5) is 0 Å². The third-order valence-corrected chi connectivity index (χ3v) is 17.4. The van der Waals surface area contributed by atoms with Crippen molar-refractivity contribution < 1.29 is 38.0 Å². The van der Waals surface area contributed by atoms with Gasteiger partial charge in [0, 0.05) is 41.4 Å². The third kappa shape index (κ3) is 8.88. The highest BCUT2D eigenvalue weighted by Gasteiger charge is 2.61. The van der Waals surface area contributed by atoms with E-state index >= 15 is 0 Å². The van der Waals surface area contributed by atoms with E-state index in [1.54, 1.807) is 14.2 Å². The van der Waals surface area contributed by atoms with E-state index in [4.69, 9.17) is 32.8 Å². The minimum atomic E-state index is -2.86. The van der Waals surface area contributed by atoms with Crippen LogP contribution in [0.5, 0.6) is 0 Å². The summed E-state index contributed by atoms with van der Waals surface area (Å²) >= 11 is 0. The molecule has 0 aromatic heterocycles. The van der Waals surface area contributed by atoms with Crippen LogP contribution in [-0.4, -0.2) is 92.7 Å². The second-order valence-corrected chi connectivity index (χ2v) is 26.1. The molecule has 2 aliphatic carbocycles. The summed E-state index contributed by atoms with van der Waals surface area (Å²) in [5, 5.41) is 14.4. The normalized spacial score (nSPS) is 29.9. The van der Waals surface area contributed by atoms with Crippen LogP contribution in [-0.2, 0) is 32.8 Å². The fourth-order valence-corrected chi connectivity index (χ4v) is 13.6. The highest BCUT2D eigenvalue weighted by molar-refractivity contribution is 6.99. The van der Waals surface area contributed by atoms with Gasteiger partial charge in [0.2, 0.25) is 0 Å². The quantitative estimate of drug-likeness (QED) is 0.129. The Morgan fingerprint density at radius 1 is 0.833 bits per heavy atom.